The van der Waals surface area contributed by atoms with Crippen LogP contribution in [0.15, 0.2) is 42.5 Å². The molecule has 262 valence electrons. The Kier molecular flexibility index (Phi) is 19.6. The molecular weight excluding hydrogens is 884 g/mol. The minimum atomic E-state index is -2.33. The second kappa shape index (κ2) is 21.5. The van der Waals surface area contributed by atoms with Gasteiger partial charge in [0.2, 0.25) is 5.91 Å². The summed E-state index contributed by atoms with van der Waals surface area (Å²) in [6.07, 6.45) is 0.00295. The van der Waals surface area contributed by atoms with Crippen molar-refractivity contribution < 1.29 is 177 Å². The number of urea groups is 1. The number of rotatable bonds is 7. The van der Waals surface area contributed by atoms with Gasteiger partial charge in [-0.25, -0.2) is 9.59 Å². The standard InChI is InChI=1S/C34H47N5O5.CH2O3.2Cs/c1-25-22-28(36-15-12-27(13-16-36)23-35-18-20-37(21-19-35)33(42)44-34(2,3)4)8-11-30(25)38-17-14-31(40)39(32(38)41)24-26-6-9-29(43-5)10-7-26;2-1(3)4;;/h6-11,22,27H,12-21,23-24H2,1-5H3;(H2,2,3,4);;/q;;2*+1/p-2. The fourth-order valence-electron chi connectivity index (χ4n) is 6.30. The average Bonchev–Trinajstić information content (AvgIpc) is 3.03. The van der Waals surface area contributed by atoms with Crippen molar-refractivity contribution in [1.29, 1.82) is 0 Å². The van der Waals surface area contributed by atoms with Crippen molar-refractivity contribution in [3.8, 4) is 5.75 Å². The number of hydrogen-bond acceptors (Lipinski definition) is 10. The first-order valence-electron chi connectivity index (χ1n) is 16.4. The first-order valence-corrected chi connectivity index (χ1v) is 16.4. The van der Waals surface area contributed by atoms with Crippen LogP contribution in [0.5, 0.6) is 5.75 Å². The normalized spacial score (nSPS) is 17.2. The number of piperazine rings is 1. The van der Waals surface area contributed by atoms with Gasteiger partial charge < -0.3 is 34.3 Å². The van der Waals surface area contributed by atoms with Gasteiger partial charge in [0, 0.05) is 70.2 Å². The van der Waals surface area contributed by atoms with Gasteiger partial charge in [0.25, 0.3) is 0 Å². The quantitative estimate of drug-likeness (QED) is 0.277. The van der Waals surface area contributed by atoms with E-state index in [9.17, 15) is 14.4 Å². The number of aryl methyl sites for hydroxylation is 1. The van der Waals surface area contributed by atoms with Crippen LogP contribution in [0.3, 0.4) is 0 Å². The van der Waals surface area contributed by atoms with Gasteiger partial charge in [0.15, 0.2) is 0 Å². The number of carboxylic acid groups (broad SMARTS) is 2. The van der Waals surface area contributed by atoms with E-state index in [1.165, 1.54) is 10.6 Å². The summed E-state index contributed by atoms with van der Waals surface area (Å²) < 4.78 is 10.8. The van der Waals surface area contributed by atoms with Crippen molar-refractivity contribution in [3.05, 3.63) is 53.6 Å². The first-order chi connectivity index (χ1) is 22.7. The van der Waals surface area contributed by atoms with Crippen molar-refractivity contribution in [3.63, 3.8) is 0 Å². The molecule has 3 aliphatic rings. The van der Waals surface area contributed by atoms with Crippen LogP contribution in [0.1, 0.15) is 51.2 Å². The van der Waals surface area contributed by atoms with E-state index in [1.807, 2.05) is 62.9 Å². The van der Waals surface area contributed by atoms with Gasteiger partial charge in [0.05, 0.1) is 13.7 Å². The van der Waals surface area contributed by atoms with Gasteiger partial charge in [0.1, 0.15) is 11.4 Å². The van der Waals surface area contributed by atoms with Gasteiger partial charge >= 0.3 is 150 Å². The molecule has 13 nitrogen and oxygen atoms in total. The summed E-state index contributed by atoms with van der Waals surface area (Å²) in [4.78, 5) is 56.7. The summed E-state index contributed by atoms with van der Waals surface area (Å²) in [5.74, 6) is 1.23. The Bertz CT molecular complexity index is 1440. The number of imide groups is 1. The van der Waals surface area contributed by atoms with E-state index in [0.29, 0.717) is 32.0 Å². The van der Waals surface area contributed by atoms with Crippen LogP contribution in [0, 0.1) is 12.8 Å². The molecule has 3 heterocycles. The van der Waals surface area contributed by atoms with E-state index >= 15 is 0 Å². The van der Waals surface area contributed by atoms with Gasteiger partial charge in [-0.3, -0.25) is 19.5 Å². The Morgan fingerprint density at radius 3 is 2.02 bits per heavy atom. The first kappa shape index (κ1) is 45.7. The SMILES string of the molecule is COc1ccc(CN2C(=O)CCN(c3ccc(N4CCC(CN5CCN(C(=O)OC(C)(C)C)CC5)CC4)cc3C)C2=O)cc1.O=C([O-])[O-].[Cs+].[Cs+]. The third kappa shape index (κ3) is 13.8. The van der Waals surface area contributed by atoms with Crippen LogP contribution in [0.25, 0.3) is 0 Å². The molecule has 15 heteroatoms. The molecule has 0 N–H and O–H groups in total. The number of hydrogen-bond donors (Lipinski definition) is 0. The molecule has 2 aromatic carbocycles. The molecule has 0 aromatic heterocycles. The predicted octanol–water partition coefficient (Wildman–Crippen LogP) is -3.31. The molecule has 0 unspecified atom stereocenters. The zero-order chi connectivity index (χ0) is 35.0. The summed E-state index contributed by atoms with van der Waals surface area (Å²) in [5.41, 5.74) is 3.47. The number of methoxy groups -OCH3 is 1. The number of nitrogens with zero attached hydrogens (tertiary/aromatic N) is 5. The van der Waals surface area contributed by atoms with Crippen LogP contribution < -0.4 is 163 Å². The minimum absolute atomic E-state index is 0. The van der Waals surface area contributed by atoms with Crippen LogP contribution in [0.2, 0.25) is 0 Å². The third-order valence-electron chi connectivity index (χ3n) is 8.80. The molecule has 2 aromatic rings. The Morgan fingerprint density at radius 2 is 1.48 bits per heavy atom. The van der Waals surface area contributed by atoms with Crippen molar-refractivity contribution >= 4 is 35.6 Å². The van der Waals surface area contributed by atoms with E-state index in [0.717, 1.165) is 68.1 Å². The minimum Gasteiger partial charge on any atom is -0.652 e. The Balaban J connectivity index is 0.00000137. The summed E-state index contributed by atoms with van der Waals surface area (Å²) in [6.45, 7) is 14.6. The van der Waals surface area contributed by atoms with Crippen molar-refractivity contribution in [2.75, 3.05) is 69.3 Å². The number of amides is 4. The van der Waals surface area contributed by atoms with Gasteiger partial charge in [-0.1, -0.05) is 12.1 Å². The number of benzene rings is 2. The molecule has 0 saturated carbocycles. The molecule has 0 spiro atoms. The molecule has 5 rings (SSSR count). The molecule has 3 aliphatic heterocycles. The van der Waals surface area contributed by atoms with E-state index in [-0.39, 0.29) is 162 Å². The number of carbonyl (C=O) groups is 4. The fraction of sp³-hybridized carbons (Fsp3) is 0.543. The maximum atomic E-state index is 13.5. The second-order valence-electron chi connectivity index (χ2n) is 13.4. The van der Waals surface area contributed by atoms with Crippen molar-refractivity contribution in [2.24, 2.45) is 5.92 Å². The largest absolute Gasteiger partial charge is 1.00 e. The van der Waals surface area contributed by atoms with Crippen molar-refractivity contribution in [2.45, 2.75) is 59.1 Å². The van der Waals surface area contributed by atoms with Gasteiger partial charge in [-0.15, -0.1) is 0 Å². The Labute approximate surface area is 413 Å². The predicted molar refractivity (Wildman–Crippen MR) is 177 cm³/mol. The number of carbonyl (C=O) groups excluding carboxylic acids is 4. The maximum Gasteiger partial charge on any atom is 1.00 e. The molecule has 0 bridgehead atoms. The monoisotopic (exact) mass is 931 g/mol. The number of anilines is 2. The second-order valence-corrected chi connectivity index (χ2v) is 13.4. The van der Waals surface area contributed by atoms with E-state index in [2.05, 4.69) is 21.9 Å². The van der Waals surface area contributed by atoms with Crippen molar-refractivity contribution in [1.82, 2.24) is 14.7 Å². The van der Waals surface area contributed by atoms with Gasteiger partial charge in [-0.2, -0.15) is 0 Å². The molecule has 0 radical (unpaired) electrons. The average molecular weight is 932 g/mol. The summed E-state index contributed by atoms with van der Waals surface area (Å²) in [6, 6.07) is 13.5. The molecule has 3 fully saturated rings. The smallest absolute Gasteiger partial charge is 0.652 e. The summed E-state index contributed by atoms with van der Waals surface area (Å²) in [5, 5.41) is 16.7. The third-order valence-corrected chi connectivity index (χ3v) is 8.80. The molecule has 0 atom stereocenters. The summed E-state index contributed by atoms with van der Waals surface area (Å²) >= 11 is 0. The van der Waals surface area contributed by atoms with E-state index < -0.39 is 11.8 Å². The van der Waals surface area contributed by atoms with Crippen LogP contribution >= 0.6 is 0 Å². The van der Waals surface area contributed by atoms with Crippen LogP contribution in [-0.4, -0.2) is 104 Å². The number of ether oxygens (including phenoxy) is 2. The fourth-order valence-corrected chi connectivity index (χ4v) is 6.30. The summed E-state index contributed by atoms with van der Waals surface area (Å²) in [7, 11) is 1.61. The Hall–Kier alpha value is -0.416. The molecular formula is C35H47Cs2N5O8. The molecule has 4 amide bonds. The zero-order valence-corrected chi connectivity index (χ0v) is 43.2. The maximum absolute atomic E-state index is 13.5. The molecule has 0 aliphatic carbocycles. The number of piperidine rings is 1. The molecule has 3 saturated heterocycles. The van der Waals surface area contributed by atoms with Crippen LogP contribution in [-0.2, 0) is 16.1 Å². The van der Waals surface area contributed by atoms with E-state index in [4.69, 9.17) is 24.5 Å². The van der Waals surface area contributed by atoms with E-state index in [1.54, 1.807) is 12.0 Å². The van der Waals surface area contributed by atoms with Gasteiger partial charge in [-0.05, 0) is 94.1 Å². The molecule has 50 heavy (non-hydrogen) atoms. The zero-order valence-electron chi connectivity index (χ0n) is 30.6. The Morgan fingerprint density at radius 1 is 0.880 bits per heavy atom. The topological polar surface area (TPSA) is 149 Å². The van der Waals surface area contributed by atoms with Crippen LogP contribution in [0.4, 0.5) is 25.8 Å².